The third-order valence-electron chi connectivity index (χ3n) is 7.13. The molecular formula is C29H40ClNO5S. The van der Waals surface area contributed by atoms with Gasteiger partial charge in [0, 0.05) is 28.4 Å². The summed E-state index contributed by atoms with van der Waals surface area (Å²) in [5, 5.41) is 0.598. The van der Waals surface area contributed by atoms with Gasteiger partial charge < -0.3 is 18.8 Å². The number of ether oxygens (including phenoxy) is 3. The highest BCUT2D eigenvalue weighted by molar-refractivity contribution is 7.90. The lowest BCUT2D eigenvalue weighted by molar-refractivity contribution is -0.176. The van der Waals surface area contributed by atoms with Crippen LogP contribution in [0.1, 0.15) is 71.4 Å². The Balaban J connectivity index is 1.90. The Bertz CT molecular complexity index is 1000. The van der Waals surface area contributed by atoms with Gasteiger partial charge in [0.25, 0.3) is 0 Å². The SMILES string of the molecule is CCC(CC)(C(=O)OCc1ccccc1)[C@@H](CCC1(c2cccc(Cl)c2)OCCO1)N[S@+]([O-])C(C)(C)C. The quantitative estimate of drug-likeness (QED) is 0.247. The number of rotatable bonds is 12. The van der Waals surface area contributed by atoms with Gasteiger partial charge in [0.2, 0.25) is 0 Å². The van der Waals surface area contributed by atoms with Gasteiger partial charge in [-0.25, -0.2) is 0 Å². The van der Waals surface area contributed by atoms with Crippen LogP contribution in [0.2, 0.25) is 5.02 Å². The molecule has 0 spiro atoms. The Morgan fingerprint density at radius 3 is 2.32 bits per heavy atom. The summed E-state index contributed by atoms with van der Waals surface area (Å²) >= 11 is 4.89. The molecule has 37 heavy (non-hydrogen) atoms. The standard InChI is InChI=1S/C29H40ClNO5S/c1-6-28(7-2,26(32)34-21-22-12-9-8-10-13-22)25(31-37(33)27(3,4)5)16-17-29(35-18-19-36-29)23-14-11-15-24(30)20-23/h8-15,20,25,31H,6-7,16-19,21H2,1-5H3/t25-,37-/m1/s1. The van der Waals surface area contributed by atoms with Crippen LogP contribution in [0.5, 0.6) is 0 Å². The van der Waals surface area contributed by atoms with Crippen LogP contribution in [0.25, 0.3) is 0 Å². The Morgan fingerprint density at radius 2 is 1.76 bits per heavy atom. The lowest BCUT2D eigenvalue weighted by Crippen LogP contribution is -2.55. The van der Waals surface area contributed by atoms with Crippen molar-refractivity contribution in [2.75, 3.05) is 13.2 Å². The molecule has 204 valence electrons. The molecule has 0 aromatic heterocycles. The van der Waals surface area contributed by atoms with Crippen LogP contribution >= 0.6 is 11.6 Å². The second-order valence-corrected chi connectivity index (χ2v) is 12.9. The van der Waals surface area contributed by atoms with E-state index in [2.05, 4.69) is 4.72 Å². The summed E-state index contributed by atoms with van der Waals surface area (Å²) in [5.41, 5.74) is 0.870. The van der Waals surface area contributed by atoms with Crippen LogP contribution < -0.4 is 4.72 Å². The zero-order valence-electron chi connectivity index (χ0n) is 22.6. The van der Waals surface area contributed by atoms with Gasteiger partial charge in [0.05, 0.1) is 24.7 Å². The average molecular weight is 550 g/mol. The molecule has 0 aliphatic carbocycles. The maximum Gasteiger partial charge on any atom is 0.314 e. The first kappa shape index (κ1) is 29.9. The van der Waals surface area contributed by atoms with Crippen LogP contribution in [-0.4, -0.2) is 34.5 Å². The molecule has 2 aromatic rings. The number of carbonyl (C=O) groups excluding carboxylic acids is 1. The normalized spacial score (nSPS) is 17.4. The predicted octanol–water partition coefficient (Wildman–Crippen LogP) is 6.29. The van der Waals surface area contributed by atoms with Crippen LogP contribution in [0.4, 0.5) is 0 Å². The van der Waals surface area contributed by atoms with Crippen molar-refractivity contribution in [3.63, 3.8) is 0 Å². The maximum absolute atomic E-state index is 13.7. The minimum absolute atomic E-state index is 0.190. The third-order valence-corrected chi connectivity index (χ3v) is 8.98. The summed E-state index contributed by atoms with van der Waals surface area (Å²) in [7, 11) is 0. The number of nitrogens with one attached hydrogen (secondary N) is 1. The molecule has 1 aliphatic heterocycles. The van der Waals surface area contributed by atoms with Crippen molar-refractivity contribution in [3.05, 3.63) is 70.7 Å². The lowest BCUT2D eigenvalue weighted by Gasteiger charge is -2.40. The van der Waals surface area contributed by atoms with Crippen molar-refractivity contribution in [3.8, 4) is 0 Å². The topological polar surface area (TPSA) is 79.9 Å². The van der Waals surface area contributed by atoms with Crippen molar-refractivity contribution in [1.82, 2.24) is 4.72 Å². The predicted molar refractivity (Wildman–Crippen MR) is 148 cm³/mol. The van der Waals surface area contributed by atoms with E-state index in [9.17, 15) is 9.35 Å². The Kier molecular flexibility index (Phi) is 10.5. The Morgan fingerprint density at radius 1 is 1.11 bits per heavy atom. The van der Waals surface area contributed by atoms with Gasteiger partial charge in [-0.15, -0.1) is 4.72 Å². The van der Waals surface area contributed by atoms with Gasteiger partial charge >= 0.3 is 5.97 Å². The molecule has 1 N–H and O–H groups in total. The lowest BCUT2D eigenvalue weighted by atomic mass is 9.73. The highest BCUT2D eigenvalue weighted by Gasteiger charge is 2.49. The minimum atomic E-state index is -1.40. The molecule has 3 rings (SSSR count). The molecule has 2 atom stereocenters. The fraction of sp³-hybridized carbons (Fsp3) is 0.552. The van der Waals surface area contributed by atoms with Gasteiger partial charge in [0.15, 0.2) is 5.79 Å². The highest BCUT2D eigenvalue weighted by Crippen LogP contribution is 2.42. The van der Waals surface area contributed by atoms with Crippen LogP contribution in [-0.2, 0) is 42.8 Å². The van der Waals surface area contributed by atoms with E-state index in [0.717, 1.165) is 11.1 Å². The van der Waals surface area contributed by atoms with Gasteiger partial charge in [-0.3, -0.25) is 4.79 Å². The smallest absolute Gasteiger partial charge is 0.314 e. The van der Waals surface area contributed by atoms with Crippen molar-refractivity contribution in [2.45, 2.75) is 83.5 Å². The van der Waals surface area contributed by atoms with Gasteiger partial charge in [0.1, 0.15) is 11.4 Å². The largest absolute Gasteiger partial charge is 0.598 e. The summed E-state index contributed by atoms with van der Waals surface area (Å²) in [4.78, 5) is 13.7. The molecule has 6 nitrogen and oxygen atoms in total. The fourth-order valence-electron chi connectivity index (χ4n) is 4.76. The second kappa shape index (κ2) is 13.0. The van der Waals surface area contributed by atoms with Crippen LogP contribution in [0, 0.1) is 5.41 Å². The third kappa shape index (κ3) is 7.28. The van der Waals surface area contributed by atoms with E-state index in [1.54, 1.807) is 0 Å². The van der Waals surface area contributed by atoms with Gasteiger partial charge in [-0.2, -0.15) is 0 Å². The zero-order chi connectivity index (χ0) is 27.1. The molecule has 1 saturated heterocycles. The van der Waals surface area contributed by atoms with Crippen LogP contribution in [0.15, 0.2) is 54.6 Å². The number of hydrogen-bond donors (Lipinski definition) is 1. The van der Waals surface area contributed by atoms with E-state index in [1.807, 2.05) is 89.2 Å². The molecule has 2 aromatic carbocycles. The Labute approximate surface area is 229 Å². The molecule has 0 unspecified atom stereocenters. The van der Waals surface area contributed by atoms with Crippen molar-refractivity contribution >= 4 is 28.9 Å². The van der Waals surface area contributed by atoms with E-state index in [1.165, 1.54) is 0 Å². The van der Waals surface area contributed by atoms with Gasteiger partial charge in [-0.1, -0.05) is 67.9 Å². The molecule has 8 heteroatoms. The van der Waals surface area contributed by atoms with Crippen LogP contribution in [0.3, 0.4) is 0 Å². The number of hydrogen-bond acceptors (Lipinski definition) is 6. The maximum atomic E-state index is 13.7. The first-order valence-corrected chi connectivity index (χ1v) is 14.5. The molecule has 0 bridgehead atoms. The summed E-state index contributed by atoms with van der Waals surface area (Å²) < 4.78 is 34.3. The molecule has 1 fully saturated rings. The summed E-state index contributed by atoms with van der Waals surface area (Å²) in [5.74, 6) is -1.27. The molecule has 1 heterocycles. The van der Waals surface area contributed by atoms with E-state index in [-0.39, 0.29) is 12.6 Å². The number of benzene rings is 2. The highest BCUT2D eigenvalue weighted by atomic mass is 35.5. The average Bonchev–Trinajstić information content (AvgIpc) is 3.37. The van der Waals surface area contributed by atoms with E-state index < -0.39 is 33.4 Å². The second-order valence-electron chi connectivity index (χ2n) is 10.5. The molecule has 1 aliphatic rings. The molecule has 0 saturated carbocycles. The van der Waals surface area contributed by atoms with Crippen molar-refractivity contribution in [2.24, 2.45) is 5.41 Å². The number of carbonyl (C=O) groups is 1. The summed E-state index contributed by atoms with van der Waals surface area (Å²) in [6, 6.07) is 16.7. The number of halogens is 1. The van der Waals surface area contributed by atoms with E-state index in [4.69, 9.17) is 25.8 Å². The first-order chi connectivity index (χ1) is 17.6. The zero-order valence-corrected chi connectivity index (χ0v) is 24.1. The van der Waals surface area contributed by atoms with E-state index >= 15 is 0 Å². The van der Waals surface area contributed by atoms with Gasteiger partial charge in [-0.05, 0) is 57.7 Å². The molecule has 0 radical (unpaired) electrons. The summed E-state index contributed by atoms with van der Waals surface area (Å²) in [6.07, 6.45) is 2.00. The van der Waals surface area contributed by atoms with Crippen molar-refractivity contribution < 1.29 is 23.6 Å². The van der Waals surface area contributed by atoms with E-state index in [0.29, 0.717) is 43.9 Å². The fourth-order valence-corrected chi connectivity index (χ4v) is 5.91. The molecule has 0 amide bonds. The monoisotopic (exact) mass is 549 g/mol. The Hall–Kier alpha value is -1.61. The minimum Gasteiger partial charge on any atom is -0.598 e. The van der Waals surface area contributed by atoms with Crippen molar-refractivity contribution in [1.29, 1.82) is 0 Å². The number of esters is 1. The first-order valence-electron chi connectivity index (χ1n) is 13.0. The summed E-state index contributed by atoms with van der Waals surface area (Å²) in [6.45, 7) is 10.8. The molecular weight excluding hydrogens is 510 g/mol.